The van der Waals surface area contributed by atoms with E-state index in [1.165, 1.54) is 89.0 Å². The Labute approximate surface area is 177 Å². The molecule has 1 aromatic carbocycles. The second-order valence-corrected chi connectivity index (χ2v) is 6.66. The van der Waals surface area contributed by atoms with E-state index in [4.69, 9.17) is 0 Å². The van der Waals surface area contributed by atoms with Gasteiger partial charge in [-0.2, -0.15) is 0 Å². The maximum Gasteiger partial charge on any atom is 2.00 e. The zero-order valence-corrected chi connectivity index (χ0v) is 17.6. The molecule has 0 heterocycles. The summed E-state index contributed by atoms with van der Waals surface area (Å²) in [6.07, 6.45) is 19.4. The molecule has 23 heavy (non-hydrogen) atoms. The number of aromatic hydroxyl groups is 1. The van der Waals surface area contributed by atoms with Crippen LogP contribution in [0.1, 0.15) is 98.8 Å². The first-order valence-corrected chi connectivity index (χ1v) is 9.61. The SMILES string of the molecule is CCCCCCCCCCCCCCCc1ccc(O)cc1.[Ca+2].[H-].[H-]. The van der Waals surface area contributed by atoms with Gasteiger partial charge in [-0.15, -0.1) is 0 Å². The second kappa shape index (κ2) is 17.1. The van der Waals surface area contributed by atoms with Crippen LogP contribution in [-0.4, -0.2) is 42.8 Å². The molecule has 2 heteroatoms. The minimum Gasteiger partial charge on any atom is -1.00 e. The number of phenolic OH excluding ortho intramolecular Hbond substituents is 1. The molecule has 0 aliphatic carbocycles. The molecule has 0 radical (unpaired) electrons. The monoisotopic (exact) mass is 346 g/mol. The van der Waals surface area contributed by atoms with Crippen molar-refractivity contribution in [2.45, 2.75) is 96.8 Å². The van der Waals surface area contributed by atoms with Crippen LogP contribution in [0.5, 0.6) is 5.75 Å². The number of aryl methyl sites for hydroxylation is 1. The van der Waals surface area contributed by atoms with Gasteiger partial charge in [-0.1, -0.05) is 96.1 Å². The summed E-state index contributed by atoms with van der Waals surface area (Å²) in [4.78, 5) is 0. The van der Waals surface area contributed by atoms with Crippen LogP contribution in [0.25, 0.3) is 0 Å². The number of hydrogen-bond acceptors (Lipinski definition) is 1. The maximum atomic E-state index is 9.24. The number of unbranched alkanes of at least 4 members (excludes halogenated alkanes) is 12. The molecule has 0 fully saturated rings. The Kier molecular flexibility index (Phi) is 17.3. The first-order chi connectivity index (χ1) is 10.8. The van der Waals surface area contributed by atoms with Gasteiger partial charge in [0.05, 0.1) is 0 Å². The van der Waals surface area contributed by atoms with E-state index in [9.17, 15) is 5.11 Å². The zero-order valence-electron chi connectivity index (χ0n) is 17.4. The van der Waals surface area contributed by atoms with Crippen molar-refractivity contribution in [2.75, 3.05) is 0 Å². The number of benzene rings is 1. The Bertz CT molecular complexity index is 357. The Hall–Kier alpha value is 0.280. The van der Waals surface area contributed by atoms with Crippen molar-refractivity contribution in [3.05, 3.63) is 29.8 Å². The van der Waals surface area contributed by atoms with Crippen LogP contribution in [-0.2, 0) is 6.42 Å². The van der Waals surface area contributed by atoms with E-state index in [1.54, 1.807) is 12.1 Å². The molecule has 130 valence electrons. The van der Waals surface area contributed by atoms with Crippen molar-refractivity contribution in [2.24, 2.45) is 0 Å². The van der Waals surface area contributed by atoms with Gasteiger partial charge in [0.2, 0.25) is 0 Å². The third-order valence-corrected chi connectivity index (χ3v) is 4.51. The van der Waals surface area contributed by atoms with E-state index >= 15 is 0 Å². The molecule has 0 aliphatic heterocycles. The Morgan fingerprint density at radius 3 is 1.48 bits per heavy atom. The van der Waals surface area contributed by atoms with Crippen LogP contribution >= 0.6 is 0 Å². The summed E-state index contributed by atoms with van der Waals surface area (Å²) in [6, 6.07) is 7.65. The van der Waals surface area contributed by atoms with Crippen LogP contribution in [0, 0.1) is 0 Å². The van der Waals surface area contributed by atoms with Crippen LogP contribution in [0.2, 0.25) is 0 Å². The average molecular weight is 347 g/mol. The molecular weight excluding hydrogens is 308 g/mol. The Morgan fingerprint density at radius 1 is 0.652 bits per heavy atom. The molecule has 1 rings (SSSR count). The second-order valence-electron chi connectivity index (χ2n) is 6.66. The third kappa shape index (κ3) is 14.3. The molecule has 0 atom stereocenters. The predicted octanol–water partition coefficient (Wildman–Crippen LogP) is 6.87. The fourth-order valence-corrected chi connectivity index (χ4v) is 3.01. The van der Waals surface area contributed by atoms with Crippen molar-refractivity contribution in [3.63, 3.8) is 0 Å². The topological polar surface area (TPSA) is 20.2 Å². The summed E-state index contributed by atoms with van der Waals surface area (Å²) in [5.41, 5.74) is 1.35. The average Bonchev–Trinajstić information content (AvgIpc) is 2.53. The van der Waals surface area contributed by atoms with Gasteiger partial charge < -0.3 is 7.96 Å². The molecule has 1 nitrogen and oxygen atoms in total. The molecular formula is C21H38CaO. The minimum atomic E-state index is 0. The standard InChI is InChI=1S/C21H36O.Ca.2H/c1-2-3-4-5-6-7-8-9-10-11-12-13-14-15-20-16-18-21(22)19-17-20;;;/h16-19,22H,2-15H2,1H3;;;/q;+2;2*-1. The van der Waals surface area contributed by atoms with E-state index in [0.717, 1.165) is 6.42 Å². The van der Waals surface area contributed by atoms with Crippen molar-refractivity contribution in [1.82, 2.24) is 0 Å². The van der Waals surface area contributed by atoms with Gasteiger partial charge in [0, 0.05) is 0 Å². The fraction of sp³-hybridized carbons (Fsp3) is 0.714. The van der Waals surface area contributed by atoms with Gasteiger partial charge >= 0.3 is 37.7 Å². The molecule has 0 saturated carbocycles. The molecule has 1 aromatic rings. The Balaban J connectivity index is -0.00000161. The molecule has 1 N–H and O–H groups in total. The third-order valence-electron chi connectivity index (χ3n) is 4.51. The minimum absolute atomic E-state index is 0. The number of phenols is 1. The van der Waals surface area contributed by atoms with Gasteiger partial charge in [-0.25, -0.2) is 0 Å². The van der Waals surface area contributed by atoms with Gasteiger partial charge in [-0.05, 0) is 30.5 Å². The van der Waals surface area contributed by atoms with E-state index in [1.807, 2.05) is 12.1 Å². The van der Waals surface area contributed by atoms with E-state index in [-0.39, 0.29) is 40.6 Å². The van der Waals surface area contributed by atoms with Gasteiger partial charge in [0.1, 0.15) is 5.75 Å². The van der Waals surface area contributed by atoms with Crippen LogP contribution in [0.15, 0.2) is 24.3 Å². The fourth-order valence-electron chi connectivity index (χ4n) is 3.01. The molecule has 0 amide bonds. The van der Waals surface area contributed by atoms with Crippen molar-refractivity contribution in [3.8, 4) is 5.75 Å². The molecule has 0 saturated heterocycles. The van der Waals surface area contributed by atoms with E-state index in [0.29, 0.717) is 5.75 Å². The summed E-state index contributed by atoms with van der Waals surface area (Å²) in [5, 5.41) is 9.24. The van der Waals surface area contributed by atoms with E-state index < -0.39 is 0 Å². The van der Waals surface area contributed by atoms with Gasteiger partial charge in [0.25, 0.3) is 0 Å². The van der Waals surface area contributed by atoms with Crippen LogP contribution in [0.3, 0.4) is 0 Å². The summed E-state index contributed by atoms with van der Waals surface area (Å²) < 4.78 is 0. The van der Waals surface area contributed by atoms with Gasteiger partial charge in [-0.3, -0.25) is 0 Å². The number of rotatable bonds is 14. The zero-order chi connectivity index (χ0) is 15.9. The van der Waals surface area contributed by atoms with Crippen LogP contribution < -0.4 is 0 Å². The van der Waals surface area contributed by atoms with Crippen molar-refractivity contribution >= 4 is 37.7 Å². The largest absolute Gasteiger partial charge is 2.00 e. The quantitative estimate of drug-likeness (QED) is 0.288. The molecule has 0 unspecified atom stereocenters. The number of hydrogen-bond donors (Lipinski definition) is 1. The summed E-state index contributed by atoms with van der Waals surface area (Å²) in [7, 11) is 0. The van der Waals surface area contributed by atoms with Crippen molar-refractivity contribution < 1.29 is 7.96 Å². The molecule has 0 spiro atoms. The summed E-state index contributed by atoms with van der Waals surface area (Å²) in [5.74, 6) is 0.370. The predicted molar refractivity (Wildman–Crippen MR) is 105 cm³/mol. The summed E-state index contributed by atoms with van der Waals surface area (Å²) >= 11 is 0. The van der Waals surface area contributed by atoms with Gasteiger partial charge in [0.15, 0.2) is 0 Å². The Morgan fingerprint density at radius 2 is 1.04 bits per heavy atom. The van der Waals surface area contributed by atoms with Crippen LogP contribution in [0.4, 0.5) is 0 Å². The first-order valence-electron chi connectivity index (χ1n) is 9.61. The normalized spacial score (nSPS) is 10.5. The molecule has 0 aromatic heterocycles. The maximum absolute atomic E-state index is 9.24. The summed E-state index contributed by atoms with van der Waals surface area (Å²) in [6.45, 7) is 2.28. The van der Waals surface area contributed by atoms with Crippen molar-refractivity contribution in [1.29, 1.82) is 0 Å². The smallest absolute Gasteiger partial charge is 1.00 e. The molecule has 0 aliphatic rings. The first kappa shape index (κ1) is 23.3. The van der Waals surface area contributed by atoms with E-state index in [2.05, 4.69) is 6.92 Å². The molecule has 0 bridgehead atoms.